The number of alkyl halides is 3. The Morgan fingerprint density at radius 1 is 0.833 bits per heavy atom. The van der Waals surface area contributed by atoms with Gasteiger partial charge < -0.3 is 9.80 Å². The zero-order chi connectivity index (χ0) is 29.9. The van der Waals surface area contributed by atoms with Gasteiger partial charge in [0.2, 0.25) is 5.91 Å². The van der Waals surface area contributed by atoms with Gasteiger partial charge in [-0.2, -0.15) is 13.2 Å². The van der Waals surface area contributed by atoms with E-state index in [0.29, 0.717) is 82.1 Å². The Hall–Kier alpha value is -2.92. The van der Waals surface area contributed by atoms with Crippen LogP contribution >= 0.6 is 46.6 Å². The highest BCUT2D eigenvalue weighted by Crippen LogP contribution is 2.35. The Balaban J connectivity index is 1.19. The number of halogens is 6. The second kappa shape index (κ2) is 13.2. The summed E-state index contributed by atoms with van der Waals surface area (Å²) in [6, 6.07) is 17.9. The van der Waals surface area contributed by atoms with Crippen LogP contribution in [-0.2, 0) is 11.0 Å². The first-order valence-corrected chi connectivity index (χ1v) is 15.2. The molecule has 0 saturated carbocycles. The number of hydrogen-bond donors (Lipinski definition) is 0. The van der Waals surface area contributed by atoms with Gasteiger partial charge in [-0.1, -0.05) is 64.8 Å². The lowest BCUT2D eigenvalue weighted by Crippen LogP contribution is -2.48. The van der Waals surface area contributed by atoms with Gasteiger partial charge in [0.15, 0.2) is 11.0 Å². The lowest BCUT2D eigenvalue weighted by atomic mass is 10.1. The van der Waals surface area contributed by atoms with Crippen molar-refractivity contribution in [2.24, 2.45) is 0 Å². The summed E-state index contributed by atoms with van der Waals surface area (Å²) in [5, 5.41) is 10.8. The minimum atomic E-state index is -4.39. The first-order chi connectivity index (χ1) is 20.1. The first-order valence-electron chi connectivity index (χ1n) is 13.1. The molecule has 42 heavy (non-hydrogen) atoms. The highest BCUT2D eigenvalue weighted by molar-refractivity contribution is 7.99. The maximum Gasteiger partial charge on any atom is 0.416 e. The number of nitrogens with zero attached hydrogens (tertiary/aromatic N) is 5. The molecular formula is C29H25Cl3F3N5OS. The van der Waals surface area contributed by atoms with Crippen LogP contribution in [0, 0.1) is 0 Å². The molecule has 2 heterocycles. The summed E-state index contributed by atoms with van der Waals surface area (Å²) in [4.78, 5) is 16.5. The molecule has 5 rings (SSSR count). The molecule has 1 saturated heterocycles. The van der Waals surface area contributed by atoms with E-state index in [2.05, 4.69) is 10.2 Å². The molecule has 4 aromatic rings. The third-order valence-electron chi connectivity index (χ3n) is 6.85. The summed E-state index contributed by atoms with van der Waals surface area (Å²) in [6.45, 7) is 1.85. The Kier molecular flexibility index (Phi) is 9.57. The summed E-state index contributed by atoms with van der Waals surface area (Å²) in [5.41, 5.74) is 1.27. The Bertz CT molecular complexity index is 1570. The molecule has 0 unspecified atom stereocenters. The number of carbonyl (C=O) groups is 1. The highest BCUT2D eigenvalue weighted by atomic mass is 35.5. The summed E-state index contributed by atoms with van der Waals surface area (Å²) in [6.07, 6.45) is -3.45. The third kappa shape index (κ3) is 6.99. The predicted molar refractivity (Wildman–Crippen MR) is 162 cm³/mol. The fourth-order valence-electron chi connectivity index (χ4n) is 4.68. The SMILES string of the molecule is O=C(CCCSc1nnc(-c2ccccc2Cl)n1-c1ccc(Cl)c(Cl)c1)N1CCN(c2cccc(C(F)(F)F)c2)CC1. The highest BCUT2D eigenvalue weighted by Gasteiger charge is 2.31. The van der Waals surface area contributed by atoms with E-state index in [1.807, 2.05) is 33.7 Å². The zero-order valence-corrected chi connectivity index (χ0v) is 25.2. The van der Waals surface area contributed by atoms with Gasteiger partial charge in [0.05, 0.1) is 26.3 Å². The molecule has 0 N–H and O–H groups in total. The smallest absolute Gasteiger partial charge is 0.368 e. The van der Waals surface area contributed by atoms with Gasteiger partial charge in [0, 0.05) is 49.6 Å². The second-order valence-electron chi connectivity index (χ2n) is 9.59. The van der Waals surface area contributed by atoms with Gasteiger partial charge >= 0.3 is 6.18 Å². The zero-order valence-electron chi connectivity index (χ0n) is 22.1. The van der Waals surface area contributed by atoms with Gasteiger partial charge in [0.25, 0.3) is 0 Å². The first kappa shape index (κ1) is 30.5. The molecule has 0 spiro atoms. The number of hydrogen-bond acceptors (Lipinski definition) is 5. The predicted octanol–water partition coefficient (Wildman–Crippen LogP) is 8.13. The molecule has 3 aromatic carbocycles. The fraction of sp³-hybridized carbons (Fsp3) is 0.276. The van der Waals surface area contributed by atoms with Crippen molar-refractivity contribution in [1.29, 1.82) is 0 Å². The number of aromatic nitrogens is 3. The lowest BCUT2D eigenvalue weighted by molar-refractivity contribution is -0.137. The number of rotatable bonds is 8. The molecule has 1 aliphatic heterocycles. The quantitative estimate of drug-likeness (QED) is 0.142. The maximum atomic E-state index is 13.1. The standard InChI is InChI=1S/C29H25Cl3F3N5OS/c30-23-8-2-1-7-22(23)27-36-37-28(40(27)21-10-11-24(31)25(32)18-21)42-16-4-9-26(41)39-14-12-38(13-15-39)20-6-3-5-19(17-20)29(33,34)35/h1-3,5-8,10-11,17-18H,4,9,12-16H2. The van der Waals surface area contributed by atoms with E-state index >= 15 is 0 Å². The van der Waals surface area contributed by atoms with E-state index in [1.165, 1.54) is 17.8 Å². The van der Waals surface area contributed by atoms with Gasteiger partial charge in [-0.3, -0.25) is 9.36 Å². The van der Waals surface area contributed by atoms with Crippen LogP contribution in [0.15, 0.2) is 71.9 Å². The topological polar surface area (TPSA) is 54.3 Å². The third-order valence-corrected chi connectivity index (χ3v) is 8.93. The van der Waals surface area contributed by atoms with Crippen LogP contribution in [0.4, 0.5) is 18.9 Å². The van der Waals surface area contributed by atoms with E-state index in [9.17, 15) is 18.0 Å². The fourth-order valence-corrected chi connectivity index (χ4v) is 6.08. The average molecular weight is 655 g/mol. The van der Waals surface area contributed by atoms with E-state index < -0.39 is 11.7 Å². The minimum absolute atomic E-state index is 0.0157. The van der Waals surface area contributed by atoms with Crippen molar-refractivity contribution < 1.29 is 18.0 Å². The number of amides is 1. The number of thioether (sulfide) groups is 1. The Morgan fingerprint density at radius 2 is 1.60 bits per heavy atom. The number of carbonyl (C=O) groups excluding carboxylic acids is 1. The number of benzene rings is 3. The van der Waals surface area contributed by atoms with Crippen LogP contribution < -0.4 is 4.90 Å². The van der Waals surface area contributed by atoms with Crippen molar-refractivity contribution in [3.8, 4) is 17.1 Å². The van der Waals surface area contributed by atoms with E-state index in [1.54, 1.807) is 29.2 Å². The summed E-state index contributed by atoms with van der Waals surface area (Å²) in [5.74, 6) is 1.18. The van der Waals surface area contributed by atoms with E-state index in [0.717, 1.165) is 17.8 Å². The van der Waals surface area contributed by atoms with Crippen LogP contribution in [0.1, 0.15) is 18.4 Å². The van der Waals surface area contributed by atoms with Crippen molar-refractivity contribution in [3.05, 3.63) is 87.4 Å². The van der Waals surface area contributed by atoms with Crippen LogP contribution in [0.5, 0.6) is 0 Å². The Morgan fingerprint density at radius 3 is 2.31 bits per heavy atom. The molecule has 0 atom stereocenters. The maximum absolute atomic E-state index is 13.1. The molecule has 1 amide bonds. The number of piperazine rings is 1. The molecule has 0 radical (unpaired) electrons. The lowest BCUT2D eigenvalue weighted by Gasteiger charge is -2.36. The van der Waals surface area contributed by atoms with Crippen molar-refractivity contribution in [2.75, 3.05) is 36.8 Å². The second-order valence-corrected chi connectivity index (χ2v) is 11.9. The van der Waals surface area contributed by atoms with Crippen LogP contribution in [0.3, 0.4) is 0 Å². The molecule has 1 aromatic heterocycles. The van der Waals surface area contributed by atoms with E-state index in [4.69, 9.17) is 34.8 Å². The molecule has 6 nitrogen and oxygen atoms in total. The molecule has 220 valence electrons. The number of anilines is 1. The molecule has 0 aliphatic carbocycles. The summed E-state index contributed by atoms with van der Waals surface area (Å²) < 4.78 is 41.2. The van der Waals surface area contributed by atoms with Crippen molar-refractivity contribution in [3.63, 3.8) is 0 Å². The van der Waals surface area contributed by atoms with Crippen LogP contribution in [-0.4, -0.2) is 57.5 Å². The molecule has 0 bridgehead atoms. The van der Waals surface area contributed by atoms with E-state index in [-0.39, 0.29) is 5.91 Å². The Labute approximate surface area is 260 Å². The van der Waals surface area contributed by atoms with Gasteiger partial charge in [-0.05, 0) is 55.0 Å². The summed E-state index contributed by atoms with van der Waals surface area (Å²) in [7, 11) is 0. The van der Waals surface area contributed by atoms with Crippen molar-refractivity contribution >= 4 is 58.2 Å². The van der Waals surface area contributed by atoms with Gasteiger partial charge in [0.1, 0.15) is 0 Å². The molecular weight excluding hydrogens is 630 g/mol. The average Bonchev–Trinajstić information content (AvgIpc) is 3.40. The van der Waals surface area contributed by atoms with Crippen molar-refractivity contribution in [1.82, 2.24) is 19.7 Å². The largest absolute Gasteiger partial charge is 0.416 e. The van der Waals surface area contributed by atoms with Crippen molar-refractivity contribution in [2.45, 2.75) is 24.2 Å². The van der Waals surface area contributed by atoms with Crippen LogP contribution in [0.2, 0.25) is 15.1 Å². The molecule has 1 aliphatic rings. The van der Waals surface area contributed by atoms with Crippen LogP contribution in [0.25, 0.3) is 17.1 Å². The van der Waals surface area contributed by atoms with Gasteiger partial charge in [-0.25, -0.2) is 0 Å². The molecule has 13 heteroatoms. The van der Waals surface area contributed by atoms with Gasteiger partial charge in [-0.15, -0.1) is 10.2 Å². The molecule has 1 fully saturated rings. The monoisotopic (exact) mass is 653 g/mol. The minimum Gasteiger partial charge on any atom is -0.368 e. The summed E-state index contributed by atoms with van der Waals surface area (Å²) >= 11 is 20.4. The normalized spacial score (nSPS) is 14.0.